The highest BCUT2D eigenvalue weighted by Gasteiger charge is 2.23. The first-order valence-electron chi connectivity index (χ1n) is 4.85. The summed E-state index contributed by atoms with van der Waals surface area (Å²) >= 11 is 0. The van der Waals surface area contributed by atoms with Crippen LogP contribution < -0.4 is 0 Å². The van der Waals surface area contributed by atoms with Gasteiger partial charge in [0, 0.05) is 11.6 Å². The molecule has 0 atom stereocenters. The Kier molecular flexibility index (Phi) is 3.72. The topological polar surface area (TPSA) is 0 Å². The van der Waals surface area contributed by atoms with Crippen molar-refractivity contribution in [3.05, 3.63) is 34.9 Å². The Morgan fingerprint density at radius 2 is 1.47 bits per heavy atom. The van der Waals surface area contributed by atoms with E-state index in [0.717, 1.165) is 0 Å². The van der Waals surface area contributed by atoms with Crippen LogP contribution in [0.25, 0.3) is 0 Å². The van der Waals surface area contributed by atoms with Crippen LogP contribution in [0.2, 0.25) is 0 Å². The van der Waals surface area contributed by atoms with Crippen LogP contribution in [0.1, 0.15) is 38.2 Å². The molecule has 1 aromatic carbocycles. The second kappa shape index (κ2) is 4.64. The Bertz CT molecular complexity index is 356. The van der Waals surface area contributed by atoms with Crippen LogP contribution in [0.5, 0.6) is 0 Å². The second-order valence-corrected chi connectivity index (χ2v) is 3.40. The molecular formula is C11H12F4. The monoisotopic (exact) mass is 220 g/mol. The zero-order valence-electron chi connectivity index (χ0n) is 8.58. The van der Waals surface area contributed by atoms with Gasteiger partial charge in [0.2, 0.25) is 0 Å². The van der Waals surface area contributed by atoms with Gasteiger partial charge in [0.05, 0.1) is 0 Å². The quantitative estimate of drug-likeness (QED) is 0.408. The predicted octanol–water partition coefficient (Wildman–Crippen LogP) is 4.15. The van der Waals surface area contributed by atoms with E-state index in [1.165, 1.54) is 0 Å². The van der Waals surface area contributed by atoms with Crippen LogP contribution in [0.3, 0.4) is 0 Å². The molecule has 0 radical (unpaired) electrons. The maximum atomic E-state index is 13.3. The molecule has 0 amide bonds. The lowest BCUT2D eigenvalue weighted by molar-refractivity contribution is 0.412. The number of halogens is 4. The second-order valence-electron chi connectivity index (χ2n) is 3.40. The Hall–Kier alpha value is -1.06. The van der Waals surface area contributed by atoms with Crippen molar-refractivity contribution in [2.24, 2.45) is 0 Å². The van der Waals surface area contributed by atoms with Gasteiger partial charge in [0.1, 0.15) is 5.82 Å². The molecule has 0 spiro atoms. The van der Waals surface area contributed by atoms with Crippen LogP contribution in [0.4, 0.5) is 17.6 Å². The smallest absolute Gasteiger partial charge is 0.194 e. The highest BCUT2D eigenvalue weighted by Crippen LogP contribution is 2.30. The van der Waals surface area contributed by atoms with Crippen LogP contribution in [-0.2, 0) is 0 Å². The summed E-state index contributed by atoms with van der Waals surface area (Å²) in [6, 6.07) is 0.395. The van der Waals surface area contributed by atoms with Gasteiger partial charge >= 0.3 is 0 Å². The molecular weight excluding hydrogens is 208 g/mol. The maximum Gasteiger partial charge on any atom is 0.194 e. The summed E-state index contributed by atoms with van der Waals surface area (Å²) in [6.45, 7) is 3.49. The summed E-state index contributed by atoms with van der Waals surface area (Å²) in [5.74, 6) is -5.92. The number of benzene rings is 1. The van der Waals surface area contributed by atoms with Crippen molar-refractivity contribution < 1.29 is 17.6 Å². The largest absolute Gasteiger partial charge is 0.206 e. The van der Waals surface area contributed by atoms with E-state index in [1.807, 2.05) is 0 Å². The molecule has 0 nitrogen and oxygen atoms in total. The van der Waals surface area contributed by atoms with Crippen molar-refractivity contribution in [3.63, 3.8) is 0 Å². The number of hydrogen-bond donors (Lipinski definition) is 0. The van der Waals surface area contributed by atoms with Crippen molar-refractivity contribution >= 4 is 0 Å². The molecule has 1 rings (SSSR count). The van der Waals surface area contributed by atoms with E-state index >= 15 is 0 Å². The molecule has 1 aromatic rings. The van der Waals surface area contributed by atoms with E-state index in [9.17, 15) is 17.6 Å². The molecule has 0 aliphatic heterocycles. The average molecular weight is 220 g/mol. The van der Waals surface area contributed by atoms with E-state index in [2.05, 4.69) is 0 Å². The van der Waals surface area contributed by atoms with Gasteiger partial charge < -0.3 is 0 Å². The van der Waals surface area contributed by atoms with E-state index in [-0.39, 0.29) is 5.56 Å². The van der Waals surface area contributed by atoms with Crippen LogP contribution in [0.15, 0.2) is 6.07 Å². The fraction of sp³-hybridized carbons (Fsp3) is 0.455. The van der Waals surface area contributed by atoms with Crippen molar-refractivity contribution in [1.82, 2.24) is 0 Å². The minimum Gasteiger partial charge on any atom is -0.206 e. The highest BCUT2D eigenvalue weighted by molar-refractivity contribution is 5.25. The third-order valence-electron chi connectivity index (χ3n) is 2.54. The Morgan fingerprint density at radius 1 is 0.933 bits per heavy atom. The predicted molar refractivity (Wildman–Crippen MR) is 49.6 cm³/mol. The fourth-order valence-corrected chi connectivity index (χ4v) is 1.65. The molecule has 0 saturated heterocycles. The van der Waals surface area contributed by atoms with Gasteiger partial charge in [0.15, 0.2) is 17.5 Å². The molecule has 0 N–H and O–H groups in total. The van der Waals surface area contributed by atoms with E-state index < -0.39 is 29.2 Å². The highest BCUT2D eigenvalue weighted by atomic mass is 19.2. The SMILES string of the molecule is CCC(CC)c1c(F)cc(F)c(F)c1F. The standard InChI is InChI=1S/C11H12F4/c1-3-6(4-2)9-7(12)5-8(13)10(14)11(9)15/h5-6H,3-4H2,1-2H3. The Morgan fingerprint density at radius 3 is 1.93 bits per heavy atom. The van der Waals surface area contributed by atoms with Crippen LogP contribution >= 0.6 is 0 Å². The van der Waals surface area contributed by atoms with Crippen molar-refractivity contribution in [2.45, 2.75) is 32.6 Å². The number of hydrogen-bond acceptors (Lipinski definition) is 0. The molecule has 0 aromatic heterocycles. The molecule has 0 bridgehead atoms. The van der Waals surface area contributed by atoms with Gasteiger partial charge in [-0.05, 0) is 18.8 Å². The Labute approximate surface area is 85.9 Å². The van der Waals surface area contributed by atoms with Gasteiger partial charge in [-0.3, -0.25) is 0 Å². The molecule has 84 valence electrons. The lowest BCUT2D eigenvalue weighted by Crippen LogP contribution is -2.07. The number of rotatable bonds is 3. The van der Waals surface area contributed by atoms with E-state index in [4.69, 9.17) is 0 Å². The average Bonchev–Trinajstić information content (AvgIpc) is 2.21. The summed E-state index contributed by atoms with van der Waals surface area (Å²) in [4.78, 5) is 0. The third-order valence-corrected chi connectivity index (χ3v) is 2.54. The van der Waals surface area contributed by atoms with Gasteiger partial charge in [-0.2, -0.15) is 0 Å². The zero-order valence-corrected chi connectivity index (χ0v) is 8.58. The molecule has 0 aliphatic carbocycles. The van der Waals surface area contributed by atoms with Crippen molar-refractivity contribution in [2.75, 3.05) is 0 Å². The van der Waals surface area contributed by atoms with Crippen LogP contribution in [0, 0.1) is 23.3 Å². The van der Waals surface area contributed by atoms with Gasteiger partial charge in [-0.25, -0.2) is 17.6 Å². The third kappa shape index (κ3) is 2.13. The molecule has 0 fully saturated rings. The first-order chi connectivity index (χ1) is 7.02. The summed E-state index contributed by atoms with van der Waals surface area (Å²) in [6.07, 6.45) is 0.963. The molecule has 4 heteroatoms. The van der Waals surface area contributed by atoms with E-state index in [0.29, 0.717) is 18.9 Å². The summed E-state index contributed by atoms with van der Waals surface area (Å²) in [7, 11) is 0. The van der Waals surface area contributed by atoms with Gasteiger partial charge in [-0.15, -0.1) is 0 Å². The summed E-state index contributed by atoms with van der Waals surface area (Å²) in [5, 5.41) is 0. The lowest BCUT2D eigenvalue weighted by atomic mass is 9.93. The van der Waals surface area contributed by atoms with E-state index in [1.54, 1.807) is 13.8 Å². The van der Waals surface area contributed by atoms with Crippen LogP contribution in [-0.4, -0.2) is 0 Å². The zero-order chi connectivity index (χ0) is 11.6. The molecule has 0 saturated carbocycles. The van der Waals surface area contributed by atoms with Crippen molar-refractivity contribution in [3.8, 4) is 0 Å². The van der Waals surface area contributed by atoms with Crippen molar-refractivity contribution in [1.29, 1.82) is 0 Å². The molecule has 0 unspecified atom stereocenters. The molecule has 0 heterocycles. The minimum absolute atomic E-state index is 0.348. The molecule has 15 heavy (non-hydrogen) atoms. The summed E-state index contributed by atoms with van der Waals surface area (Å²) < 4.78 is 52.1. The first-order valence-corrected chi connectivity index (χ1v) is 4.85. The normalized spacial score (nSPS) is 11.1. The minimum atomic E-state index is -1.60. The lowest BCUT2D eigenvalue weighted by Gasteiger charge is -2.15. The van der Waals surface area contributed by atoms with Gasteiger partial charge in [-0.1, -0.05) is 13.8 Å². The molecule has 0 aliphatic rings. The first kappa shape index (κ1) is 12.0. The van der Waals surface area contributed by atoms with Gasteiger partial charge in [0.25, 0.3) is 0 Å². The Balaban J connectivity index is 3.34. The summed E-state index contributed by atoms with van der Waals surface area (Å²) in [5.41, 5.74) is -0.348. The maximum absolute atomic E-state index is 13.3. The fourth-order valence-electron chi connectivity index (χ4n) is 1.65.